The standard InChI is InChI=1S/C6H11F2NO3S/c1-9(4-2-5(10)3-4)13(11,12)6(7)8/h4-6,10H,2-3H2,1H3. The Kier molecular flexibility index (Phi) is 2.88. The highest BCUT2D eigenvalue weighted by Crippen LogP contribution is 2.27. The Labute approximate surface area is 75.2 Å². The van der Waals surface area contributed by atoms with Crippen molar-refractivity contribution in [3.8, 4) is 0 Å². The third-order valence-corrected chi connectivity index (χ3v) is 3.78. The minimum Gasteiger partial charge on any atom is -0.393 e. The van der Waals surface area contributed by atoms with Gasteiger partial charge in [-0.25, -0.2) is 8.42 Å². The molecule has 0 aliphatic heterocycles. The summed E-state index contributed by atoms with van der Waals surface area (Å²) in [7, 11) is -3.36. The van der Waals surface area contributed by atoms with E-state index in [9.17, 15) is 17.2 Å². The van der Waals surface area contributed by atoms with E-state index in [4.69, 9.17) is 5.11 Å². The SMILES string of the molecule is CN(C1CC(O)C1)S(=O)(=O)C(F)F. The number of nitrogens with zero attached hydrogens (tertiary/aromatic N) is 1. The van der Waals surface area contributed by atoms with Crippen LogP contribution in [0.1, 0.15) is 12.8 Å². The second-order valence-corrected chi connectivity index (χ2v) is 5.06. The summed E-state index contributed by atoms with van der Waals surface area (Å²) >= 11 is 0. The quantitative estimate of drug-likeness (QED) is 0.720. The van der Waals surface area contributed by atoms with Gasteiger partial charge in [-0.1, -0.05) is 0 Å². The fraction of sp³-hybridized carbons (Fsp3) is 1.00. The summed E-state index contributed by atoms with van der Waals surface area (Å²) in [5, 5.41) is 8.86. The third kappa shape index (κ3) is 1.97. The van der Waals surface area contributed by atoms with Crippen molar-refractivity contribution in [2.24, 2.45) is 0 Å². The maximum atomic E-state index is 12.0. The zero-order chi connectivity index (χ0) is 10.2. The van der Waals surface area contributed by atoms with Gasteiger partial charge in [0, 0.05) is 13.1 Å². The first-order valence-corrected chi connectivity index (χ1v) is 5.29. The number of rotatable bonds is 3. The van der Waals surface area contributed by atoms with Gasteiger partial charge in [0.05, 0.1) is 6.10 Å². The topological polar surface area (TPSA) is 57.6 Å². The first-order chi connectivity index (χ1) is 5.85. The minimum absolute atomic E-state index is 0.239. The molecule has 1 fully saturated rings. The second kappa shape index (κ2) is 3.47. The van der Waals surface area contributed by atoms with Crippen LogP contribution in [0.25, 0.3) is 0 Å². The molecule has 0 spiro atoms. The zero-order valence-corrected chi connectivity index (χ0v) is 7.84. The third-order valence-electron chi connectivity index (χ3n) is 2.23. The summed E-state index contributed by atoms with van der Waals surface area (Å²) in [4.78, 5) is 0. The first-order valence-electron chi connectivity index (χ1n) is 3.78. The van der Waals surface area contributed by atoms with Crippen LogP contribution in [0.4, 0.5) is 8.78 Å². The lowest BCUT2D eigenvalue weighted by molar-refractivity contribution is 0.0372. The molecule has 0 amide bonds. The Bertz CT molecular complexity index is 274. The van der Waals surface area contributed by atoms with Gasteiger partial charge >= 0.3 is 5.76 Å². The van der Waals surface area contributed by atoms with Crippen LogP contribution in [0.15, 0.2) is 0 Å². The fourth-order valence-electron chi connectivity index (χ4n) is 1.19. The van der Waals surface area contributed by atoms with Gasteiger partial charge in [-0.05, 0) is 12.8 Å². The summed E-state index contributed by atoms with van der Waals surface area (Å²) < 4.78 is 46.4. The van der Waals surface area contributed by atoms with Crippen molar-refractivity contribution in [3.63, 3.8) is 0 Å². The molecule has 0 saturated heterocycles. The van der Waals surface area contributed by atoms with Gasteiger partial charge in [0.25, 0.3) is 10.0 Å². The van der Waals surface area contributed by atoms with Crippen molar-refractivity contribution in [1.29, 1.82) is 0 Å². The van der Waals surface area contributed by atoms with Crippen LogP contribution in [-0.4, -0.2) is 42.8 Å². The molecule has 13 heavy (non-hydrogen) atoms. The van der Waals surface area contributed by atoms with Gasteiger partial charge in [0.15, 0.2) is 0 Å². The molecule has 0 bridgehead atoms. The Morgan fingerprint density at radius 2 is 1.92 bits per heavy atom. The maximum Gasteiger partial charge on any atom is 0.350 e. The predicted molar refractivity (Wildman–Crippen MR) is 41.7 cm³/mol. The van der Waals surface area contributed by atoms with Crippen LogP contribution in [0, 0.1) is 0 Å². The molecule has 0 heterocycles. The van der Waals surface area contributed by atoms with Gasteiger partial charge in [-0.3, -0.25) is 0 Å². The van der Waals surface area contributed by atoms with Crippen molar-refractivity contribution < 1.29 is 22.3 Å². The van der Waals surface area contributed by atoms with Gasteiger partial charge in [-0.15, -0.1) is 0 Å². The molecule has 1 aliphatic carbocycles. The number of hydrogen-bond acceptors (Lipinski definition) is 3. The molecule has 4 nitrogen and oxygen atoms in total. The van der Waals surface area contributed by atoms with Crippen LogP contribution in [0.2, 0.25) is 0 Å². The molecular formula is C6H11F2NO3S. The highest BCUT2D eigenvalue weighted by Gasteiger charge is 2.40. The van der Waals surface area contributed by atoms with Crippen LogP contribution in [-0.2, 0) is 10.0 Å². The van der Waals surface area contributed by atoms with Crippen LogP contribution in [0.3, 0.4) is 0 Å². The molecule has 1 aliphatic rings. The molecule has 0 radical (unpaired) electrons. The summed E-state index contributed by atoms with van der Waals surface area (Å²) in [6.07, 6.45) is -0.0782. The fourth-order valence-corrected chi connectivity index (χ4v) is 2.03. The largest absolute Gasteiger partial charge is 0.393 e. The Morgan fingerprint density at radius 3 is 2.23 bits per heavy atom. The molecule has 1 N–H and O–H groups in total. The van der Waals surface area contributed by atoms with Gasteiger partial charge in [-0.2, -0.15) is 13.1 Å². The van der Waals surface area contributed by atoms with E-state index in [0.29, 0.717) is 4.31 Å². The van der Waals surface area contributed by atoms with E-state index >= 15 is 0 Å². The van der Waals surface area contributed by atoms with Crippen molar-refractivity contribution in [2.45, 2.75) is 30.7 Å². The van der Waals surface area contributed by atoms with Gasteiger partial charge < -0.3 is 5.11 Å². The molecule has 0 aromatic heterocycles. The smallest absolute Gasteiger partial charge is 0.350 e. The molecular weight excluding hydrogens is 204 g/mol. The summed E-state index contributed by atoms with van der Waals surface area (Å²) in [5.41, 5.74) is 0. The molecule has 1 rings (SSSR count). The Hall–Kier alpha value is -0.270. The van der Waals surface area contributed by atoms with Crippen molar-refractivity contribution in [3.05, 3.63) is 0 Å². The number of alkyl halides is 2. The lowest BCUT2D eigenvalue weighted by Gasteiger charge is -2.37. The lowest BCUT2D eigenvalue weighted by Crippen LogP contribution is -2.49. The summed E-state index contributed by atoms with van der Waals surface area (Å²) in [6.45, 7) is 0. The Morgan fingerprint density at radius 1 is 1.46 bits per heavy atom. The highest BCUT2D eigenvalue weighted by atomic mass is 32.2. The molecule has 7 heteroatoms. The number of hydrogen-bond donors (Lipinski definition) is 1. The molecule has 0 atom stereocenters. The number of sulfonamides is 1. The molecule has 0 aromatic rings. The van der Waals surface area contributed by atoms with E-state index in [2.05, 4.69) is 0 Å². The minimum atomic E-state index is -4.47. The average molecular weight is 215 g/mol. The maximum absolute atomic E-state index is 12.0. The van der Waals surface area contributed by atoms with E-state index in [-0.39, 0.29) is 12.8 Å². The van der Waals surface area contributed by atoms with Crippen molar-refractivity contribution >= 4 is 10.0 Å². The summed E-state index contributed by atoms with van der Waals surface area (Å²) in [6, 6.07) is -0.478. The Balaban J connectivity index is 2.63. The van der Waals surface area contributed by atoms with Gasteiger partial charge in [0.1, 0.15) is 0 Å². The molecule has 0 unspecified atom stereocenters. The second-order valence-electron chi connectivity index (χ2n) is 3.10. The number of aliphatic hydroxyl groups is 1. The molecule has 0 aromatic carbocycles. The molecule has 1 saturated carbocycles. The van der Waals surface area contributed by atoms with Crippen LogP contribution in [0.5, 0.6) is 0 Å². The number of halogens is 2. The van der Waals surface area contributed by atoms with Crippen molar-refractivity contribution in [2.75, 3.05) is 7.05 Å². The monoisotopic (exact) mass is 215 g/mol. The predicted octanol–water partition coefficient (Wildman–Crippen LogP) is -0.00610. The zero-order valence-electron chi connectivity index (χ0n) is 7.02. The van der Waals surface area contributed by atoms with E-state index in [0.717, 1.165) is 7.05 Å². The highest BCUT2D eigenvalue weighted by molar-refractivity contribution is 7.89. The van der Waals surface area contributed by atoms with E-state index < -0.39 is 27.9 Å². The number of aliphatic hydroxyl groups excluding tert-OH is 1. The molecule has 78 valence electrons. The normalized spacial score (nSPS) is 29.4. The van der Waals surface area contributed by atoms with Gasteiger partial charge in [0.2, 0.25) is 0 Å². The lowest BCUT2D eigenvalue weighted by atomic mass is 9.90. The van der Waals surface area contributed by atoms with E-state index in [1.165, 1.54) is 0 Å². The van der Waals surface area contributed by atoms with Crippen molar-refractivity contribution in [1.82, 2.24) is 4.31 Å². The van der Waals surface area contributed by atoms with Crippen LogP contribution < -0.4 is 0 Å². The first kappa shape index (κ1) is 10.8. The average Bonchev–Trinajstić information content (AvgIpc) is 1.97. The van der Waals surface area contributed by atoms with E-state index in [1.54, 1.807) is 0 Å². The van der Waals surface area contributed by atoms with Crippen LogP contribution >= 0.6 is 0 Å². The van der Waals surface area contributed by atoms with E-state index in [1.807, 2.05) is 0 Å². The summed E-state index contributed by atoms with van der Waals surface area (Å²) in [5.74, 6) is -3.38.